The molecular formula is C15H12FN3O2. The Balaban J connectivity index is 1.84. The van der Waals surface area contributed by atoms with Gasteiger partial charge in [0.15, 0.2) is 0 Å². The minimum absolute atomic E-state index is 0.365. The molecular weight excluding hydrogens is 273 g/mol. The molecule has 1 aromatic heterocycles. The first-order valence-corrected chi connectivity index (χ1v) is 6.38. The number of amides is 2. The number of benzene rings is 1. The Kier molecular flexibility index (Phi) is 3.13. The van der Waals surface area contributed by atoms with Gasteiger partial charge in [0, 0.05) is 23.1 Å². The minimum Gasteiger partial charge on any atom is -0.336 e. The average Bonchev–Trinajstić information content (AvgIpc) is 2.75. The standard InChI is InChI=1S/C15H12FN3O2/c1-8-2-3-9(7-17-8)14(20)19-13-11-5-4-10(16)6-12(11)18-15(13)21/h2-7,13H,1H3,(H,18,21)(H,19,20). The molecule has 2 aromatic rings. The second-order valence-electron chi connectivity index (χ2n) is 4.82. The van der Waals surface area contributed by atoms with E-state index in [0.29, 0.717) is 16.8 Å². The molecule has 6 heteroatoms. The van der Waals surface area contributed by atoms with Crippen LogP contribution in [0.15, 0.2) is 36.5 Å². The molecule has 106 valence electrons. The van der Waals surface area contributed by atoms with Crippen molar-refractivity contribution in [2.24, 2.45) is 0 Å². The number of nitrogens with zero attached hydrogens (tertiary/aromatic N) is 1. The van der Waals surface area contributed by atoms with Gasteiger partial charge in [-0.05, 0) is 31.2 Å². The third-order valence-electron chi connectivity index (χ3n) is 3.30. The molecule has 1 aliphatic heterocycles. The van der Waals surface area contributed by atoms with Gasteiger partial charge in [-0.2, -0.15) is 0 Å². The lowest BCUT2D eigenvalue weighted by atomic mass is 10.1. The van der Waals surface area contributed by atoms with E-state index in [1.807, 2.05) is 6.92 Å². The van der Waals surface area contributed by atoms with E-state index in [-0.39, 0.29) is 5.91 Å². The smallest absolute Gasteiger partial charge is 0.253 e. The van der Waals surface area contributed by atoms with Gasteiger partial charge in [-0.3, -0.25) is 14.6 Å². The molecule has 1 unspecified atom stereocenters. The van der Waals surface area contributed by atoms with E-state index < -0.39 is 17.8 Å². The molecule has 1 atom stereocenters. The second-order valence-corrected chi connectivity index (χ2v) is 4.82. The van der Waals surface area contributed by atoms with E-state index in [9.17, 15) is 14.0 Å². The van der Waals surface area contributed by atoms with Crippen LogP contribution >= 0.6 is 0 Å². The molecule has 21 heavy (non-hydrogen) atoms. The maximum Gasteiger partial charge on any atom is 0.253 e. The van der Waals surface area contributed by atoms with E-state index in [1.165, 1.54) is 24.4 Å². The van der Waals surface area contributed by atoms with Crippen LogP contribution in [-0.2, 0) is 4.79 Å². The Morgan fingerprint density at radius 3 is 2.86 bits per heavy atom. The number of aromatic nitrogens is 1. The average molecular weight is 285 g/mol. The van der Waals surface area contributed by atoms with Gasteiger partial charge in [0.25, 0.3) is 11.8 Å². The number of pyridine rings is 1. The normalized spacial score (nSPS) is 16.3. The van der Waals surface area contributed by atoms with E-state index in [1.54, 1.807) is 12.1 Å². The number of aryl methyl sites for hydroxylation is 1. The Bertz CT molecular complexity index is 728. The molecule has 2 amide bonds. The molecule has 0 bridgehead atoms. The summed E-state index contributed by atoms with van der Waals surface area (Å²) in [6.45, 7) is 1.82. The Hall–Kier alpha value is -2.76. The van der Waals surface area contributed by atoms with E-state index in [0.717, 1.165) is 5.69 Å². The SMILES string of the molecule is Cc1ccc(C(=O)NC2C(=O)Nc3cc(F)ccc32)cn1. The summed E-state index contributed by atoms with van der Waals surface area (Å²) >= 11 is 0. The first-order chi connectivity index (χ1) is 10.0. The van der Waals surface area contributed by atoms with Crippen molar-refractivity contribution in [1.29, 1.82) is 0 Å². The van der Waals surface area contributed by atoms with Crippen LogP contribution < -0.4 is 10.6 Å². The van der Waals surface area contributed by atoms with Gasteiger partial charge < -0.3 is 10.6 Å². The van der Waals surface area contributed by atoms with Gasteiger partial charge in [-0.25, -0.2) is 4.39 Å². The lowest BCUT2D eigenvalue weighted by molar-refractivity contribution is -0.117. The predicted molar refractivity (Wildman–Crippen MR) is 74.2 cm³/mol. The van der Waals surface area contributed by atoms with Crippen molar-refractivity contribution < 1.29 is 14.0 Å². The zero-order valence-corrected chi connectivity index (χ0v) is 11.2. The topological polar surface area (TPSA) is 71.1 Å². The highest BCUT2D eigenvalue weighted by atomic mass is 19.1. The fourth-order valence-electron chi connectivity index (χ4n) is 2.19. The van der Waals surface area contributed by atoms with Crippen LogP contribution in [-0.4, -0.2) is 16.8 Å². The third kappa shape index (κ3) is 2.47. The fraction of sp³-hybridized carbons (Fsp3) is 0.133. The van der Waals surface area contributed by atoms with Crippen molar-refractivity contribution in [2.45, 2.75) is 13.0 Å². The molecule has 0 fully saturated rings. The van der Waals surface area contributed by atoms with Crippen LogP contribution in [0.5, 0.6) is 0 Å². The Morgan fingerprint density at radius 2 is 2.14 bits per heavy atom. The summed E-state index contributed by atoms with van der Waals surface area (Å²) < 4.78 is 13.1. The van der Waals surface area contributed by atoms with Gasteiger partial charge in [0.1, 0.15) is 11.9 Å². The van der Waals surface area contributed by atoms with Crippen LogP contribution in [0.4, 0.5) is 10.1 Å². The molecule has 1 aromatic carbocycles. The number of carbonyl (C=O) groups excluding carboxylic acids is 2. The van der Waals surface area contributed by atoms with Crippen molar-refractivity contribution in [1.82, 2.24) is 10.3 Å². The lowest BCUT2D eigenvalue weighted by Gasteiger charge is -2.11. The molecule has 3 rings (SSSR count). The van der Waals surface area contributed by atoms with E-state index in [4.69, 9.17) is 0 Å². The number of halogens is 1. The third-order valence-corrected chi connectivity index (χ3v) is 3.30. The van der Waals surface area contributed by atoms with Gasteiger partial charge >= 0.3 is 0 Å². The van der Waals surface area contributed by atoms with Gasteiger partial charge in [-0.15, -0.1) is 0 Å². The predicted octanol–water partition coefficient (Wildman–Crippen LogP) is 1.95. The summed E-state index contributed by atoms with van der Waals surface area (Å²) in [4.78, 5) is 28.1. The summed E-state index contributed by atoms with van der Waals surface area (Å²) in [7, 11) is 0. The summed E-state index contributed by atoms with van der Waals surface area (Å²) in [6, 6.07) is 6.50. The van der Waals surface area contributed by atoms with Crippen molar-refractivity contribution >= 4 is 17.5 Å². The van der Waals surface area contributed by atoms with Crippen LogP contribution in [0.25, 0.3) is 0 Å². The molecule has 0 spiro atoms. The quantitative estimate of drug-likeness (QED) is 0.886. The highest BCUT2D eigenvalue weighted by molar-refractivity contribution is 6.06. The number of hydrogen-bond donors (Lipinski definition) is 2. The van der Waals surface area contributed by atoms with Crippen molar-refractivity contribution in [3.63, 3.8) is 0 Å². The number of rotatable bonds is 2. The Labute approximate surface area is 120 Å². The first kappa shape index (κ1) is 13.2. The maximum absolute atomic E-state index is 13.1. The van der Waals surface area contributed by atoms with Crippen molar-refractivity contribution in [3.8, 4) is 0 Å². The van der Waals surface area contributed by atoms with Crippen molar-refractivity contribution in [2.75, 3.05) is 5.32 Å². The second kappa shape index (κ2) is 4.97. The number of hydrogen-bond acceptors (Lipinski definition) is 3. The molecule has 2 heterocycles. The van der Waals surface area contributed by atoms with E-state index in [2.05, 4.69) is 15.6 Å². The number of nitrogens with one attached hydrogen (secondary N) is 2. The molecule has 5 nitrogen and oxygen atoms in total. The number of anilines is 1. The van der Waals surface area contributed by atoms with Crippen molar-refractivity contribution in [3.05, 3.63) is 59.2 Å². The maximum atomic E-state index is 13.1. The number of carbonyl (C=O) groups is 2. The van der Waals surface area contributed by atoms with Gasteiger partial charge in [0.2, 0.25) is 0 Å². The summed E-state index contributed by atoms with van der Waals surface area (Å²) in [6.07, 6.45) is 1.45. The van der Waals surface area contributed by atoms with Crippen LogP contribution in [0.2, 0.25) is 0 Å². The molecule has 1 aliphatic rings. The van der Waals surface area contributed by atoms with Gasteiger partial charge in [0.05, 0.1) is 5.56 Å². The highest BCUT2D eigenvalue weighted by Crippen LogP contribution is 2.31. The van der Waals surface area contributed by atoms with Crippen LogP contribution in [0.1, 0.15) is 27.7 Å². The first-order valence-electron chi connectivity index (χ1n) is 6.38. The molecule has 0 radical (unpaired) electrons. The molecule has 0 saturated heterocycles. The highest BCUT2D eigenvalue weighted by Gasteiger charge is 2.32. The number of fused-ring (bicyclic) bond motifs is 1. The zero-order chi connectivity index (χ0) is 15.0. The largest absolute Gasteiger partial charge is 0.336 e. The summed E-state index contributed by atoms with van der Waals surface area (Å²) in [5, 5.41) is 5.17. The molecule has 0 aliphatic carbocycles. The zero-order valence-electron chi connectivity index (χ0n) is 11.2. The fourth-order valence-corrected chi connectivity index (χ4v) is 2.19. The Morgan fingerprint density at radius 1 is 1.33 bits per heavy atom. The van der Waals surface area contributed by atoms with Gasteiger partial charge in [-0.1, -0.05) is 6.07 Å². The molecule has 2 N–H and O–H groups in total. The van der Waals surface area contributed by atoms with Crippen LogP contribution in [0, 0.1) is 12.7 Å². The van der Waals surface area contributed by atoms with E-state index >= 15 is 0 Å². The monoisotopic (exact) mass is 285 g/mol. The minimum atomic E-state index is -0.825. The lowest BCUT2D eigenvalue weighted by Crippen LogP contribution is -2.32. The van der Waals surface area contributed by atoms with Crippen LogP contribution in [0.3, 0.4) is 0 Å². The summed E-state index contributed by atoms with van der Waals surface area (Å²) in [5.74, 6) is -1.23. The summed E-state index contributed by atoms with van der Waals surface area (Å²) in [5.41, 5.74) is 2.09. The molecule has 0 saturated carbocycles.